The molecule has 0 saturated heterocycles. The predicted octanol–water partition coefficient (Wildman–Crippen LogP) is 1.56. The van der Waals surface area contributed by atoms with Crippen LogP contribution >= 0.6 is 0 Å². The molecule has 0 aromatic heterocycles. The van der Waals surface area contributed by atoms with Crippen LogP contribution in [-0.4, -0.2) is 47.2 Å². The Hall–Kier alpha value is -1.75. The number of carbonyl (C=O) groups excluding carboxylic acids is 1. The molecule has 0 heterocycles. The molecule has 106 valence electrons. The summed E-state index contributed by atoms with van der Waals surface area (Å²) in [6.07, 6.45) is 0.833. The molecule has 0 radical (unpaired) electrons. The number of phenolic OH excluding ortho intramolecular Hbond substituents is 2. The zero-order chi connectivity index (χ0) is 14.4. The van der Waals surface area contributed by atoms with Crippen LogP contribution in [0, 0.1) is 0 Å². The van der Waals surface area contributed by atoms with Gasteiger partial charge >= 0.3 is 0 Å². The summed E-state index contributed by atoms with van der Waals surface area (Å²) in [4.78, 5) is 14.0. The summed E-state index contributed by atoms with van der Waals surface area (Å²) in [5.41, 5.74) is 0.0946. The summed E-state index contributed by atoms with van der Waals surface area (Å²) in [7, 11) is 2.04. The van der Waals surface area contributed by atoms with Crippen molar-refractivity contribution in [3.8, 4) is 11.5 Å². The zero-order valence-corrected chi connectivity index (χ0v) is 11.7. The van der Waals surface area contributed by atoms with Gasteiger partial charge in [0.2, 0.25) is 0 Å². The number of benzene rings is 1. The summed E-state index contributed by atoms with van der Waals surface area (Å²) in [6.45, 7) is 5.65. The van der Waals surface area contributed by atoms with Gasteiger partial charge in [0.05, 0.1) is 5.56 Å². The highest BCUT2D eigenvalue weighted by Crippen LogP contribution is 2.21. The van der Waals surface area contributed by atoms with E-state index in [0.29, 0.717) is 12.6 Å². The molecule has 3 N–H and O–H groups in total. The SMILES string of the molecule is CC(C)N(C)CCCNC(=O)c1cc(O)ccc1O. The Bertz CT molecular complexity index is 433. The molecule has 5 nitrogen and oxygen atoms in total. The molecule has 0 spiro atoms. The van der Waals surface area contributed by atoms with Crippen molar-refractivity contribution in [1.29, 1.82) is 0 Å². The Kier molecular flexibility index (Phi) is 5.63. The largest absolute Gasteiger partial charge is 0.508 e. The average Bonchev–Trinajstić information content (AvgIpc) is 2.36. The molecule has 1 aromatic carbocycles. The number of amides is 1. The highest BCUT2D eigenvalue weighted by Gasteiger charge is 2.11. The van der Waals surface area contributed by atoms with Crippen LogP contribution in [0.2, 0.25) is 0 Å². The first-order valence-electron chi connectivity index (χ1n) is 6.42. The van der Waals surface area contributed by atoms with Gasteiger partial charge in [-0.25, -0.2) is 0 Å². The number of hydrogen-bond acceptors (Lipinski definition) is 4. The van der Waals surface area contributed by atoms with Crippen LogP contribution in [0.1, 0.15) is 30.6 Å². The molecular weight excluding hydrogens is 244 g/mol. The Morgan fingerprint density at radius 2 is 2.05 bits per heavy atom. The summed E-state index contributed by atoms with van der Waals surface area (Å²) < 4.78 is 0. The fourth-order valence-corrected chi connectivity index (χ4v) is 1.59. The molecule has 0 aliphatic heterocycles. The van der Waals surface area contributed by atoms with Crippen molar-refractivity contribution in [2.24, 2.45) is 0 Å². The number of rotatable bonds is 6. The minimum absolute atomic E-state index is 0.0394. The van der Waals surface area contributed by atoms with Crippen LogP contribution in [0.15, 0.2) is 18.2 Å². The van der Waals surface area contributed by atoms with Crippen LogP contribution in [0.25, 0.3) is 0 Å². The third kappa shape index (κ3) is 4.79. The maximum absolute atomic E-state index is 11.8. The van der Waals surface area contributed by atoms with Crippen molar-refractivity contribution < 1.29 is 15.0 Å². The molecule has 0 aliphatic carbocycles. The first-order valence-corrected chi connectivity index (χ1v) is 6.42. The molecule has 0 aliphatic rings. The van der Waals surface area contributed by atoms with Gasteiger partial charge in [0.25, 0.3) is 5.91 Å². The minimum atomic E-state index is -0.374. The maximum Gasteiger partial charge on any atom is 0.255 e. The second-order valence-electron chi connectivity index (χ2n) is 4.89. The van der Waals surface area contributed by atoms with Crippen molar-refractivity contribution in [2.75, 3.05) is 20.1 Å². The van der Waals surface area contributed by atoms with E-state index in [-0.39, 0.29) is 23.0 Å². The maximum atomic E-state index is 11.8. The van der Waals surface area contributed by atoms with Crippen molar-refractivity contribution in [3.05, 3.63) is 23.8 Å². The number of nitrogens with zero attached hydrogens (tertiary/aromatic N) is 1. The van der Waals surface area contributed by atoms with Gasteiger partial charge in [0.15, 0.2) is 0 Å². The van der Waals surface area contributed by atoms with Gasteiger partial charge in [-0.1, -0.05) is 0 Å². The fraction of sp³-hybridized carbons (Fsp3) is 0.500. The van der Waals surface area contributed by atoms with E-state index in [9.17, 15) is 15.0 Å². The number of hydrogen-bond donors (Lipinski definition) is 3. The molecule has 0 bridgehead atoms. The van der Waals surface area contributed by atoms with Crippen LogP contribution in [0.5, 0.6) is 11.5 Å². The average molecular weight is 266 g/mol. The number of aromatic hydroxyl groups is 2. The molecule has 19 heavy (non-hydrogen) atoms. The van der Waals surface area contributed by atoms with Crippen LogP contribution in [0.3, 0.4) is 0 Å². The van der Waals surface area contributed by atoms with Crippen molar-refractivity contribution >= 4 is 5.91 Å². The van der Waals surface area contributed by atoms with Crippen molar-refractivity contribution in [1.82, 2.24) is 10.2 Å². The van der Waals surface area contributed by atoms with E-state index in [1.54, 1.807) is 0 Å². The van der Waals surface area contributed by atoms with Crippen LogP contribution < -0.4 is 5.32 Å². The number of carbonyl (C=O) groups is 1. The van der Waals surface area contributed by atoms with Gasteiger partial charge in [-0.2, -0.15) is 0 Å². The molecule has 1 amide bonds. The van der Waals surface area contributed by atoms with Crippen molar-refractivity contribution in [2.45, 2.75) is 26.3 Å². The lowest BCUT2D eigenvalue weighted by Gasteiger charge is -2.20. The van der Waals surface area contributed by atoms with E-state index in [1.807, 2.05) is 7.05 Å². The van der Waals surface area contributed by atoms with Gasteiger partial charge in [-0.15, -0.1) is 0 Å². The fourth-order valence-electron chi connectivity index (χ4n) is 1.59. The summed E-state index contributed by atoms with van der Waals surface area (Å²) >= 11 is 0. The molecule has 0 atom stereocenters. The lowest BCUT2D eigenvalue weighted by atomic mass is 10.1. The highest BCUT2D eigenvalue weighted by molar-refractivity contribution is 5.97. The lowest BCUT2D eigenvalue weighted by molar-refractivity contribution is 0.0948. The standard InChI is InChI=1S/C14H22N2O3/c1-10(2)16(3)8-4-7-15-14(19)12-9-11(17)5-6-13(12)18/h5-6,9-10,17-18H,4,7-8H2,1-3H3,(H,15,19). The zero-order valence-electron chi connectivity index (χ0n) is 11.7. The van der Waals surface area contributed by atoms with E-state index < -0.39 is 0 Å². The van der Waals surface area contributed by atoms with E-state index in [4.69, 9.17) is 0 Å². The van der Waals surface area contributed by atoms with Crippen molar-refractivity contribution in [3.63, 3.8) is 0 Å². The highest BCUT2D eigenvalue weighted by atomic mass is 16.3. The first-order chi connectivity index (χ1) is 8.91. The first kappa shape index (κ1) is 15.3. The molecule has 0 fully saturated rings. The Balaban J connectivity index is 2.41. The third-order valence-corrected chi connectivity index (χ3v) is 3.08. The molecule has 0 unspecified atom stereocenters. The van der Waals surface area contributed by atoms with E-state index in [0.717, 1.165) is 13.0 Å². The number of nitrogens with one attached hydrogen (secondary N) is 1. The molecule has 5 heteroatoms. The minimum Gasteiger partial charge on any atom is -0.508 e. The quantitative estimate of drug-likeness (QED) is 0.539. The smallest absolute Gasteiger partial charge is 0.255 e. The Morgan fingerprint density at radius 1 is 1.37 bits per heavy atom. The van der Waals surface area contributed by atoms with E-state index in [1.165, 1.54) is 18.2 Å². The summed E-state index contributed by atoms with van der Waals surface area (Å²) in [5, 5.41) is 21.6. The Labute approximate surface area is 113 Å². The molecular formula is C14H22N2O3. The normalized spacial score (nSPS) is 11.0. The van der Waals surface area contributed by atoms with Gasteiger partial charge in [-0.05, 0) is 52.1 Å². The second-order valence-corrected chi connectivity index (χ2v) is 4.89. The van der Waals surface area contributed by atoms with Gasteiger partial charge in [-0.3, -0.25) is 4.79 Å². The van der Waals surface area contributed by atoms with Crippen LogP contribution in [-0.2, 0) is 0 Å². The topological polar surface area (TPSA) is 72.8 Å². The van der Waals surface area contributed by atoms with E-state index >= 15 is 0 Å². The van der Waals surface area contributed by atoms with Crippen LogP contribution in [0.4, 0.5) is 0 Å². The molecule has 1 aromatic rings. The molecule has 0 saturated carbocycles. The number of phenols is 2. The van der Waals surface area contributed by atoms with Gasteiger partial charge in [0, 0.05) is 12.6 Å². The molecule has 1 rings (SSSR count). The van der Waals surface area contributed by atoms with Gasteiger partial charge in [0.1, 0.15) is 11.5 Å². The summed E-state index contributed by atoms with van der Waals surface area (Å²) in [5.74, 6) is -0.544. The Morgan fingerprint density at radius 3 is 2.68 bits per heavy atom. The second kappa shape index (κ2) is 6.99. The summed E-state index contributed by atoms with van der Waals surface area (Å²) in [6, 6.07) is 4.37. The van der Waals surface area contributed by atoms with Gasteiger partial charge < -0.3 is 20.4 Å². The predicted molar refractivity (Wildman–Crippen MR) is 74.5 cm³/mol. The van der Waals surface area contributed by atoms with E-state index in [2.05, 4.69) is 24.1 Å². The monoisotopic (exact) mass is 266 g/mol. The third-order valence-electron chi connectivity index (χ3n) is 3.08. The lowest BCUT2D eigenvalue weighted by Crippen LogP contribution is -2.31.